The number of nitrogens with zero attached hydrogens (tertiary/aromatic N) is 3. The lowest BCUT2D eigenvalue weighted by molar-refractivity contribution is 0.764. The van der Waals surface area contributed by atoms with E-state index >= 15 is 0 Å². The summed E-state index contributed by atoms with van der Waals surface area (Å²) >= 11 is 0. The van der Waals surface area contributed by atoms with E-state index in [1.54, 1.807) is 12.7 Å². The summed E-state index contributed by atoms with van der Waals surface area (Å²) in [6.07, 6.45) is 5.54. The summed E-state index contributed by atoms with van der Waals surface area (Å²) in [5, 5.41) is 0. The van der Waals surface area contributed by atoms with Crippen molar-refractivity contribution >= 4 is 11.2 Å². The van der Waals surface area contributed by atoms with E-state index in [2.05, 4.69) is 44.2 Å². The summed E-state index contributed by atoms with van der Waals surface area (Å²) in [5.74, 6) is 0.368. The van der Waals surface area contributed by atoms with E-state index in [0.29, 0.717) is 5.92 Å². The van der Waals surface area contributed by atoms with E-state index in [1.807, 2.05) is 0 Å². The first-order chi connectivity index (χ1) is 8.93. The number of rotatable bonds is 1. The number of aromatic nitrogens is 4. The van der Waals surface area contributed by atoms with Gasteiger partial charge in [0, 0.05) is 5.92 Å². The van der Waals surface area contributed by atoms with Crippen molar-refractivity contribution in [2.75, 3.05) is 0 Å². The predicted octanol–water partition coefficient (Wildman–Crippen LogP) is 2.43. The van der Waals surface area contributed by atoms with E-state index in [-0.39, 0.29) is 0 Å². The van der Waals surface area contributed by atoms with Gasteiger partial charge in [-0.25, -0.2) is 15.0 Å². The summed E-state index contributed by atoms with van der Waals surface area (Å²) in [6, 6.07) is 8.62. The largest absolute Gasteiger partial charge is 0.342 e. The zero-order valence-corrected chi connectivity index (χ0v) is 9.80. The number of fused-ring (bicyclic) bond motifs is 2. The molecular formula is C14H12N4. The molecule has 0 fully saturated rings. The number of hydrogen-bond donors (Lipinski definition) is 1. The van der Waals surface area contributed by atoms with E-state index in [4.69, 9.17) is 0 Å². The van der Waals surface area contributed by atoms with Gasteiger partial charge in [-0.1, -0.05) is 24.3 Å². The average molecular weight is 236 g/mol. The molecule has 0 amide bonds. The number of aromatic amines is 1. The zero-order valence-electron chi connectivity index (χ0n) is 9.80. The fourth-order valence-corrected chi connectivity index (χ4v) is 2.89. The highest BCUT2D eigenvalue weighted by Gasteiger charge is 2.26. The Bertz CT molecular complexity index is 716. The van der Waals surface area contributed by atoms with Crippen molar-refractivity contribution in [3.63, 3.8) is 0 Å². The molecule has 4 heteroatoms. The van der Waals surface area contributed by atoms with Gasteiger partial charge in [0.15, 0.2) is 5.65 Å². The summed E-state index contributed by atoms with van der Waals surface area (Å²) < 4.78 is 0. The van der Waals surface area contributed by atoms with E-state index < -0.39 is 0 Å². The molecule has 1 aliphatic carbocycles. The SMILES string of the molecule is c1ccc2c(c1)CCC2c1ncnc2nc[nH]c12. The molecule has 18 heavy (non-hydrogen) atoms. The predicted molar refractivity (Wildman–Crippen MR) is 68.3 cm³/mol. The first-order valence-electron chi connectivity index (χ1n) is 6.15. The average Bonchev–Trinajstić information content (AvgIpc) is 3.05. The smallest absolute Gasteiger partial charge is 0.180 e. The van der Waals surface area contributed by atoms with Gasteiger partial charge in [-0.3, -0.25) is 0 Å². The van der Waals surface area contributed by atoms with Gasteiger partial charge in [0.05, 0.1) is 12.0 Å². The molecule has 0 saturated carbocycles. The van der Waals surface area contributed by atoms with E-state index in [1.165, 1.54) is 11.1 Å². The number of aryl methyl sites for hydroxylation is 1. The van der Waals surface area contributed by atoms with Crippen molar-refractivity contribution in [1.29, 1.82) is 0 Å². The van der Waals surface area contributed by atoms with Crippen LogP contribution < -0.4 is 0 Å². The minimum absolute atomic E-state index is 0.368. The molecule has 1 unspecified atom stereocenters. The van der Waals surface area contributed by atoms with Crippen LogP contribution in [0.15, 0.2) is 36.9 Å². The number of imidazole rings is 1. The summed E-state index contributed by atoms with van der Waals surface area (Å²) in [6.45, 7) is 0. The van der Waals surface area contributed by atoms with Crippen molar-refractivity contribution in [1.82, 2.24) is 19.9 Å². The van der Waals surface area contributed by atoms with Gasteiger partial charge in [-0.15, -0.1) is 0 Å². The van der Waals surface area contributed by atoms with Gasteiger partial charge >= 0.3 is 0 Å². The molecule has 4 rings (SSSR count). The molecule has 1 N–H and O–H groups in total. The molecule has 0 bridgehead atoms. The third-order valence-corrected chi connectivity index (χ3v) is 3.72. The van der Waals surface area contributed by atoms with E-state index in [0.717, 1.165) is 29.7 Å². The highest BCUT2D eigenvalue weighted by Crippen LogP contribution is 2.38. The Morgan fingerprint density at radius 3 is 3.06 bits per heavy atom. The van der Waals surface area contributed by atoms with Crippen LogP contribution in [0.5, 0.6) is 0 Å². The second-order valence-corrected chi connectivity index (χ2v) is 4.65. The Hall–Kier alpha value is -2.23. The molecule has 2 heterocycles. The maximum atomic E-state index is 4.48. The molecule has 1 aliphatic rings. The lowest BCUT2D eigenvalue weighted by Gasteiger charge is -2.11. The normalized spacial score (nSPS) is 18.1. The van der Waals surface area contributed by atoms with Crippen LogP contribution >= 0.6 is 0 Å². The van der Waals surface area contributed by atoms with Crippen LogP contribution in [0.25, 0.3) is 11.2 Å². The van der Waals surface area contributed by atoms with Crippen LogP contribution in [-0.2, 0) is 6.42 Å². The summed E-state index contributed by atoms with van der Waals surface area (Å²) in [4.78, 5) is 16.0. The quantitative estimate of drug-likeness (QED) is 0.706. The van der Waals surface area contributed by atoms with Crippen molar-refractivity contribution in [2.45, 2.75) is 18.8 Å². The molecule has 1 aromatic carbocycles. The molecule has 2 aromatic heterocycles. The third kappa shape index (κ3) is 1.29. The maximum Gasteiger partial charge on any atom is 0.180 e. The summed E-state index contributed by atoms with van der Waals surface area (Å²) in [7, 11) is 0. The molecule has 88 valence electrons. The minimum Gasteiger partial charge on any atom is -0.342 e. The Labute approximate surface area is 104 Å². The van der Waals surface area contributed by atoms with Crippen LogP contribution in [-0.4, -0.2) is 19.9 Å². The zero-order chi connectivity index (χ0) is 11.9. The molecule has 0 spiro atoms. The lowest BCUT2D eigenvalue weighted by Crippen LogP contribution is -2.01. The second-order valence-electron chi connectivity index (χ2n) is 4.65. The van der Waals surface area contributed by atoms with Gasteiger partial charge in [0.2, 0.25) is 0 Å². The molecule has 0 saturated heterocycles. The van der Waals surface area contributed by atoms with Crippen LogP contribution in [0.2, 0.25) is 0 Å². The molecular weight excluding hydrogens is 224 g/mol. The fourth-order valence-electron chi connectivity index (χ4n) is 2.89. The van der Waals surface area contributed by atoms with Crippen molar-refractivity contribution < 1.29 is 0 Å². The van der Waals surface area contributed by atoms with Gasteiger partial charge in [-0.2, -0.15) is 0 Å². The topological polar surface area (TPSA) is 54.5 Å². The first-order valence-corrected chi connectivity index (χ1v) is 6.15. The monoisotopic (exact) mass is 236 g/mol. The second kappa shape index (κ2) is 3.63. The number of nitrogens with one attached hydrogen (secondary N) is 1. The van der Waals surface area contributed by atoms with Crippen molar-refractivity contribution in [2.24, 2.45) is 0 Å². The Morgan fingerprint density at radius 1 is 1.11 bits per heavy atom. The molecule has 4 nitrogen and oxygen atoms in total. The van der Waals surface area contributed by atoms with Crippen molar-refractivity contribution in [3.05, 3.63) is 53.7 Å². The Morgan fingerprint density at radius 2 is 2.06 bits per heavy atom. The Kier molecular flexibility index (Phi) is 1.97. The molecule has 0 aliphatic heterocycles. The fraction of sp³-hybridized carbons (Fsp3) is 0.214. The number of hydrogen-bond acceptors (Lipinski definition) is 3. The number of benzene rings is 1. The van der Waals surface area contributed by atoms with Gasteiger partial charge in [0.25, 0.3) is 0 Å². The van der Waals surface area contributed by atoms with Crippen LogP contribution in [0, 0.1) is 0 Å². The summed E-state index contributed by atoms with van der Waals surface area (Å²) in [5.41, 5.74) is 5.63. The third-order valence-electron chi connectivity index (χ3n) is 3.72. The number of H-pyrrole nitrogens is 1. The van der Waals surface area contributed by atoms with Gasteiger partial charge in [-0.05, 0) is 24.0 Å². The lowest BCUT2D eigenvalue weighted by atomic mass is 9.97. The minimum atomic E-state index is 0.368. The molecule has 1 atom stereocenters. The highest BCUT2D eigenvalue weighted by molar-refractivity contribution is 5.73. The highest BCUT2D eigenvalue weighted by atomic mass is 15.0. The molecule has 3 aromatic rings. The van der Waals surface area contributed by atoms with Crippen LogP contribution in [0.4, 0.5) is 0 Å². The van der Waals surface area contributed by atoms with Gasteiger partial charge < -0.3 is 4.98 Å². The van der Waals surface area contributed by atoms with Crippen LogP contribution in [0.3, 0.4) is 0 Å². The standard InChI is InChI=1S/C14H12N4/c1-2-4-10-9(3-1)5-6-11(10)12-13-14(17-7-15-12)18-8-16-13/h1-4,7-8,11H,5-6H2,(H,15,16,17,18). The molecule has 0 radical (unpaired) electrons. The Balaban J connectivity index is 1.92. The maximum absolute atomic E-state index is 4.48. The van der Waals surface area contributed by atoms with Crippen molar-refractivity contribution in [3.8, 4) is 0 Å². The van der Waals surface area contributed by atoms with Crippen LogP contribution in [0.1, 0.15) is 29.2 Å². The first kappa shape index (κ1) is 9.76. The van der Waals surface area contributed by atoms with E-state index in [9.17, 15) is 0 Å². The van der Waals surface area contributed by atoms with Gasteiger partial charge in [0.1, 0.15) is 11.8 Å².